The van der Waals surface area contributed by atoms with E-state index >= 15 is 0 Å². The Hall–Kier alpha value is -3.49. The van der Waals surface area contributed by atoms with Crippen molar-refractivity contribution >= 4 is 34.0 Å². The smallest absolute Gasteiger partial charge is 0.300 e. The van der Waals surface area contributed by atoms with Gasteiger partial charge in [-0.3, -0.25) is 14.9 Å². The summed E-state index contributed by atoms with van der Waals surface area (Å²) in [5.41, 5.74) is 3.45. The summed E-state index contributed by atoms with van der Waals surface area (Å²) in [6.45, 7) is 3.95. The third kappa shape index (κ3) is 3.18. The van der Waals surface area contributed by atoms with Crippen LogP contribution in [0.25, 0.3) is 11.0 Å². The van der Waals surface area contributed by atoms with Crippen LogP contribution in [0.5, 0.6) is 0 Å². The predicted octanol–water partition coefficient (Wildman–Crippen LogP) is 2.82. The first-order valence-electron chi connectivity index (χ1n) is 7.85. The predicted molar refractivity (Wildman–Crippen MR) is 96.3 cm³/mol. The molecule has 1 N–H and O–H groups in total. The minimum Gasteiger partial charge on any atom is -0.363 e. The molecule has 0 unspecified atom stereocenters. The molecule has 0 fully saturated rings. The van der Waals surface area contributed by atoms with E-state index in [1.54, 1.807) is 11.9 Å². The molecular weight excluding hydrogens is 338 g/mol. The van der Waals surface area contributed by atoms with Crippen LogP contribution in [0.1, 0.15) is 11.1 Å². The van der Waals surface area contributed by atoms with Crippen molar-refractivity contribution in [3.8, 4) is 0 Å². The molecule has 1 heterocycles. The molecule has 0 bridgehead atoms. The molecule has 9 heteroatoms. The van der Waals surface area contributed by atoms with Crippen molar-refractivity contribution in [1.29, 1.82) is 0 Å². The second-order valence-electron chi connectivity index (χ2n) is 5.97. The summed E-state index contributed by atoms with van der Waals surface area (Å²) >= 11 is 0. The van der Waals surface area contributed by atoms with E-state index in [2.05, 4.69) is 20.3 Å². The van der Waals surface area contributed by atoms with Gasteiger partial charge in [0.25, 0.3) is 0 Å². The van der Waals surface area contributed by atoms with Gasteiger partial charge in [0.2, 0.25) is 11.4 Å². The van der Waals surface area contributed by atoms with Gasteiger partial charge in [-0.05, 0) is 47.4 Å². The highest BCUT2D eigenvalue weighted by Crippen LogP contribution is 2.30. The number of anilines is 2. The molecule has 2 aromatic carbocycles. The van der Waals surface area contributed by atoms with Gasteiger partial charge in [0.05, 0.1) is 17.2 Å². The number of nitrogens with zero attached hydrogens (tertiary/aromatic N) is 4. The number of carbonyl (C=O) groups excluding carboxylic acids is 1. The number of likely N-dealkylation sites (N-methyl/N-ethyl adjacent to an activating group) is 1. The van der Waals surface area contributed by atoms with E-state index in [1.165, 1.54) is 12.1 Å². The van der Waals surface area contributed by atoms with Crippen LogP contribution in [0.2, 0.25) is 0 Å². The Morgan fingerprint density at radius 1 is 1.23 bits per heavy atom. The number of nitro groups is 1. The molecule has 1 amide bonds. The van der Waals surface area contributed by atoms with Gasteiger partial charge >= 0.3 is 5.69 Å². The molecule has 3 aromatic rings. The zero-order chi connectivity index (χ0) is 18.8. The minimum atomic E-state index is -0.552. The lowest BCUT2D eigenvalue weighted by atomic mass is 10.1. The van der Waals surface area contributed by atoms with Crippen molar-refractivity contribution in [2.75, 3.05) is 23.8 Å². The van der Waals surface area contributed by atoms with Gasteiger partial charge in [-0.1, -0.05) is 12.1 Å². The van der Waals surface area contributed by atoms with Crippen LogP contribution in [0.3, 0.4) is 0 Å². The molecular formula is C17H17N5O4. The topological polar surface area (TPSA) is 114 Å². The Bertz CT molecular complexity index is 998. The number of carbonyl (C=O) groups is 1. The summed E-state index contributed by atoms with van der Waals surface area (Å²) < 4.78 is 4.64. The Morgan fingerprint density at radius 3 is 2.69 bits per heavy atom. The molecule has 0 aliphatic rings. The summed E-state index contributed by atoms with van der Waals surface area (Å²) in [5.74, 6) is -0.218. The average Bonchev–Trinajstić information content (AvgIpc) is 3.07. The molecule has 0 aliphatic carbocycles. The van der Waals surface area contributed by atoms with Crippen LogP contribution in [-0.2, 0) is 4.79 Å². The largest absolute Gasteiger partial charge is 0.363 e. The first-order chi connectivity index (χ1) is 12.4. The summed E-state index contributed by atoms with van der Waals surface area (Å²) in [6.07, 6.45) is 0. The van der Waals surface area contributed by atoms with Gasteiger partial charge in [0.1, 0.15) is 0 Å². The van der Waals surface area contributed by atoms with Crippen LogP contribution in [0.15, 0.2) is 35.0 Å². The van der Waals surface area contributed by atoms with E-state index in [1.807, 2.05) is 32.0 Å². The van der Waals surface area contributed by atoms with E-state index in [-0.39, 0.29) is 29.2 Å². The van der Waals surface area contributed by atoms with Crippen LogP contribution < -0.4 is 10.2 Å². The summed E-state index contributed by atoms with van der Waals surface area (Å²) in [4.78, 5) is 24.5. The van der Waals surface area contributed by atoms with Gasteiger partial charge in [0, 0.05) is 18.8 Å². The van der Waals surface area contributed by atoms with Crippen molar-refractivity contribution < 1.29 is 14.3 Å². The number of nitro benzene ring substituents is 1. The van der Waals surface area contributed by atoms with E-state index in [4.69, 9.17) is 0 Å². The number of aryl methyl sites for hydroxylation is 1. The third-order valence-corrected chi connectivity index (χ3v) is 4.24. The molecule has 0 radical (unpaired) electrons. The number of aromatic nitrogens is 2. The maximum absolute atomic E-state index is 12.4. The van der Waals surface area contributed by atoms with Gasteiger partial charge in [-0.2, -0.15) is 0 Å². The Kier molecular flexibility index (Phi) is 4.53. The molecule has 26 heavy (non-hydrogen) atoms. The number of amides is 1. The summed E-state index contributed by atoms with van der Waals surface area (Å²) in [5, 5.41) is 21.3. The fourth-order valence-corrected chi connectivity index (χ4v) is 2.67. The van der Waals surface area contributed by atoms with Gasteiger partial charge in [-0.25, -0.2) is 4.63 Å². The van der Waals surface area contributed by atoms with Crippen LogP contribution in [0.4, 0.5) is 17.1 Å². The second-order valence-corrected chi connectivity index (χ2v) is 5.97. The molecule has 0 aliphatic heterocycles. The van der Waals surface area contributed by atoms with Gasteiger partial charge < -0.3 is 10.2 Å². The molecule has 0 atom stereocenters. The number of hydrogen-bond acceptors (Lipinski definition) is 7. The van der Waals surface area contributed by atoms with Crippen molar-refractivity contribution in [1.82, 2.24) is 10.3 Å². The number of fused-ring (bicyclic) bond motifs is 1. The van der Waals surface area contributed by atoms with Crippen molar-refractivity contribution in [2.45, 2.75) is 13.8 Å². The number of non-ortho nitro benzene ring substituents is 1. The van der Waals surface area contributed by atoms with Gasteiger partial charge in [0.15, 0.2) is 5.52 Å². The maximum atomic E-state index is 12.4. The summed E-state index contributed by atoms with van der Waals surface area (Å²) in [6, 6.07) is 8.54. The molecule has 0 saturated carbocycles. The van der Waals surface area contributed by atoms with Crippen LogP contribution in [0, 0.1) is 24.0 Å². The molecule has 0 spiro atoms. The quantitative estimate of drug-likeness (QED) is 0.553. The number of benzene rings is 2. The monoisotopic (exact) mass is 355 g/mol. The lowest BCUT2D eigenvalue weighted by Crippen LogP contribution is -2.30. The highest BCUT2D eigenvalue weighted by molar-refractivity contribution is 5.98. The fraction of sp³-hybridized carbons (Fsp3) is 0.235. The Balaban J connectivity index is 1.81. The normalized spacial score (nSPS) is 10.7. The Morgan fingerprint density at radius 2 is 1.96 bits per heavy atom. The standard InChI is InChI=1S/C17H17N5O4/c1-10-5-4-6-12(11(10)2)18-15(23)9-21(3)13-7-8-14(22(24)25)17-16(13)19-26-20-17/h4-8H,9H2,1-3H3,(H,18,23). The number of rotatable bonds is 5. The second kappa shape index (κ2) is 6.79. The molecule has 134 valence electrons. The lowest BCUT2D eigenvalue weighted by molar-refractivity contribution is -0.383. The van der Waals surface area contributed by atoms with E-state index in [0.717, 1.165) is 16.8 Å². The van der Waals surface area contributed by atoms with Crippen molar-refractivity contribution in [3.63, 3.8) is 0 Å². The first-order valence-corrected chi connectivity index (χ1v) is 7.85. The molecule has 3 rings (SSSR count). The number of hydrogen-bond donors (Lipinski definition) is 1. The first kappa shape index (κ1) is 17.3. The van der Waals surface area contributed by atoms with Gasteiger partial charge in [-0.15, -0.1) is 0 Å². The average molecular weight is 355 g/mol. The number of nitrogens with one attached hydrogen (secondary N) is 1. The zero-order valence-electron chi connectivity index (χ0n) is 14.5. The highest BCUT2D eigenvalue weighted by atomic mass is 16.6. The van der Waals surface area contributed by atoms with E-state index < -0.39 is 4.92 Å². The van der Waals surface area contributed by atoms with E-state index in [9.17, 15) is 14.9 Å². The summed E-state index contributed by atoms with van der Waals surface area (Å²) in [7, 11) is 1.69. The zero-order valence-corrected chi connectivity index (χ0v) is 14.5. The maximum Gasteiger partial charge on any atom is 0.300 e. The SMILES string of the molecule is Cc1cccc(NC(=O)CN(C)c2ccc([N+](=O)[O-])c3nonc23)c1C. The van der Waals surface area contributed by atoms with Crippen LogP contribution in [-0.4, -0.2) is 34.7 Å². The fourth-order valence-electron chi connectivity index (χ4n) is 2.67. The van der Waals surface area contributed by atoms with Crippen molar-refractivity contribution in [3.05, 3.63) is 51.6 Å². The molecule has 1 aromatic heterocycles. The van der Waals surface area contributed by atoms with Crippen LogP contribution >= 0.6 is 0 Å². The van der Waals surface area contributed by atoms with E-state index in [0.29, 0.717) is 5.69 Å². The third-order valence-electron chi connectivity index (χ3n) is 4.24. The Labute approximate surface area is 148 Å². The lowest BCUT2D eigenvalue weighted by Gasteiger charge is -2.19. The van der Waals surface area contributed by atoms with Crippen molar-refractivity contribution in [2.24, 2.45) is 0 Å². The highest BCUT2D eigenvalue weighted by Gasteiger charge is 2.22. The molecule has 9 nitrogen and oxygen atoms in total. The molecule has 0 saturated heterocycles. The minimum absolute atomic E-state index is 0.0349.